The van der Waals surface area contributed by atoms with Gasteiger partial charge in [-0.15, -0.1) is 0 Å². The average Bonchev–Trinajstić information content (AvgIpc) is 3.10. The van der Waals surface area contributed by atoms with Gasteiger partial charge in [-0.25, -0.2) is 4.79 Å². The van der Waals surface area contributed by atoms with E-state index < -0.39 is 84.3 Å². The number of aromatic hydroxyl groups is 5. The van der Waals surface area contributed by atoms with Crippen LogP contribution in [0.25, 0.3) is 0 Å². The van der Waals surface area contributed by atoms with Crippen LogP contribution < -0.4 is 14.2 Å². The Balaban J connectivity index is 1.44. The van der Waals surface area contributed by atoms with Gasteiger partial charge in [-0.1, -0.05) is 24.3 Å². The van der Waals surface area contributed by atoms with Crippen LogP contribution in [0.15, 0.2) is 66.7 Å². The minimum Gasteiger partial charge on any atom is -0.508 e. The van der Waals surface area contributed by atoms with Crippen LogP contribution in [0.2, 0.25) is 0 Å². The summed E-state index contributed by atoms with van der Waals surface area (Å²) < 4.78 is 23.9. The Kier molecular flexibility index (Phi) is 8.90. The second-order valence-electron chi connectivity index (χ2n) is 12.9. The molecule has 4 aromatic rings. The molecule has 16 nitrogen and oxygen atoms in total. The zero-order chi connectivity index (χ0) is 37.2. The van der Waals surface area contributed by atoms with Crippen LogP contribution in [0.1, 0.15) is 45.9 Å². The van der Waals surface area contributed by atoms with E-state index in [0.717, 1.165) is 6.07 Å². The van der Waals surface area contributed by atoms with Gasteiger partial charge < -0.3 is 75.1 Å². The molecular weight excluding hydrogens is 688 g/mol. The summed E-state index contributed by atoms with van der Waals surface area (Å²) in [6, 6.07) is 14.7. The van der Waals surface area contributed by atoms with Crippen molar-refractivity contribution < 1.29 is 79.9 Å². The Morgan fingerprint density at radius 3 is 2.13 bits per heavy atom. The predicted octanol–water partition coefficient (Wildman–Crippen LogP) is 1.15. The van der Waals surface area contributed by atoms with Crippen molar-refractivity contribution in [3.63, 3.8) is 0 Å². The number of aliphatic hydroxyl groups is 5. The molecule has 0 spiro atoms. The monoisotopic (exact) mass is 722 g/mol. The third-order valence-corrected chi connectivity index (χ3v) is 9.50. The van der Waals surface area contributed by atoms with Gasteiger partial charge in [0.1, 0.15) is 65.0 Å². The van der Waals surface area contributed by atoms with Crippen LogP contribution in [-0.4, -0.2) is 105 Å². The highest BCUT2D eigenvalue weighted by Gasteiger charge is 2.50. The standard InChI is InChI=1S/C36H34O16/c37-15-3-1-2-13(8-15)32-27(43)25(17-6-5-16(38)10-23(17)49-32)26-24(50-36-30(46)28(44)29(45)34(52-36)35(47)48)12-20(40)18-11-22(42)31(51-33(18)26)14-4-7-19(39)21(41)9-14/h1-10,12,22,25,27-32,34,36-46H,11H2,(H,47,48). The number of carbonyl (C=O) groups is 1. The van der Waals surface area contributed by atoms with Crippen molar-refractivity contribution in [2.24, 2.45) is 0 Å². The molecule has 52 heavy (non-hydrogen) atoms. The average molecular weight is 723 g/mol. The lowest BCUT2D eigenvalue weighted by molar-refractivity contribution is -0.271. The Labute approximate surface area is 293 Å². The summed E-state index contributed by atoms with van der Waals surface area (Å²) in [6.07, 6.45) is -15.8. The molecule has 0 radical (unpaired) electrons. The van der Waals surface area contributed by atoms with Crippen molar-refractivity contribution in [3.8, 4) is 46.0 Å². The number of fused-ring (bicyclic) bond motifs is 2. The lowest BCUT2D eigenvalue weighted by atomic mass is 9.77. The fourth-order valence-corrected chi connectivity index (χ4v) is 6.95. The lowest BCUT2D eigenvalue weighted by Gasteiger charge is -2.42. The number of hydrogen-bond donors (Lipinski definition) is 11. The van der Waals surface area contributed by atoms with Crippen molar-refractivity contribution in [2.75, 3.05) is 0 Å². The van der Waals surface area contributed by atoms with Crippen molar-refractivity contribution in [1.82, 2.24) is 0 Å². The van der Waals surface area contributed by atoms with Gasteiger partial charge in [0.2, 0.25) is 6.29 Å². The fourth-order valence-electron chi connectivity index (χ4n) is 6.95. The van der Waals surface area contributed by atoms with Crippen molar-refractivity contribution in [3.05, 3.63) is 94.5 Å². The maximum atomic E-state index is 12.2. The minimum absolute atomic E-state index is 0.0333. The van der Waals surface area contributed by atoms with E-state index in [9.17, 15) is 61.0 Å². The fraction of sp³-hybridized carbons (Fsp3) is 0.306. The van der Waals surface area contributed by atoms with E-state index >= 15 is 0 Å². The molecule has 274 valence electrons. The van der Waals surface area contributed by atoms with E-state index in [1.54, 1.807) is 6.07 Å². The van der Waals surface area contributed by atoms with Gasteiger partial charge in [0.25, 0.3) is 0 Å². The predicted molar refractivity (Wildman–Crippen MR) is 173 cm³/mol. The highest BCUT2D eigenvalue weighted by molar-refractivity contribution is 5.73. The minimum atomic E-state index is -2.06. The molecule has 3 aliphatic heterocycles. The Hall–Kier alpha value is -5.49. The first-order valence-corrected chi connectivity index (χ1v) is 16.0. The summed E-state index contributed by atoms with van der Waals surface area (Å²) in [5.41, 5.74) is 0.739. The number of hydrogen-bond acceptors (Lipinski definition) is 15. The second-order valence-corrected chi connectivity index (χ2v) is 12.9. The molecule has 11 N–H and O–H groups in total. The van der Waals surface area contributed by atoms with Crippen LogP contribution in [0, 0.1) is 0 Å². The van der Waals surface area contributed by atoms with Crippen molar-refractivity contribution in [1.29, 1.82) is 0 Å². The summed E-state index contributed by atoms with van der Waals surface area (Å²) in [4.78, 5) is 11.9. The van der Waals surface area contributed by atoms with Crippen LogP contribution in [0.5, 0.6) is 46.0 Å². The summed E-state index contributed by atoms with van der Waals surface area (Å²) in [5.74, 6) is -5.20. The summed E-state index contributed by atoms with van der Waals surface area (Å²) >= 11 is 0. The molecule has 1 saturated heterocycles. The van der Waals surface area contributed by atoms with Gasteiger partial charge in [-0.2, -0.15) is 0 Å². The van der Waals surface area contributed by atoms with Gasteiger partial charge in [-0.3, -0.25) is 0 Å². The third kappa shape index (κ3) is 6.00. The molecule has 10 unspecified atom stereocenters. The molecular formula is C36H34O16. The summed E-state index contributed by atoms with van der Waals surface area (Å²) in [7, 11) is 0. The Bertz CT molecular complexity index is 2020. The molecule has 4 aromatic carbocycles. The highest BCUT2D eigenvalue weighted by Crippen LogP contribution is 2.56. The van der Waals surface area contributed by atoms with Gasteiger partial charge in [-0.05, 0) is 41.5 Å². The van der Waals surface area contributed by atoms with Gasteiger partial charge >= 0.3 is 5.97 Å². The SMILES string of the molecule is O=C(O)C1OC(Oc2cc(O)c3c(c2C2c4ccc(O)cc4OC(c4cccc(O)c4)C2O)OC(c2ccc(O)c(O)c2)C(O)C3)C(O)C(O)C1O. The molecule has 0 saturated carbocycles. The second kappa shape index (κ2) is 13.2. The number of phenolic OH excluding ortho intramolecular Hbond substituents is 5. The summed E-state index contributed by atoms with van der Waals surface area (Å²) in [5, 5.41) is 117. The van der Waals surface area contributed by atoms with Gasteiger partial charge in [0.15, 0.2) is 23.7 Å². The normalized spacial score (nSPS) is 29.6. The number of aliphatic carboxylic acids is 1. The molecule has 3 aliphatic rings. The zero-order valence-electron chi connectivity index (χ0n) is 26.8. The lowest BCUT2D eigenvalue weighted by Crippen LogP contribution is -2.61. The molecule has 0 amide bonds. The first kappa shape index (κ1) is 34.9. The van der Waals surface area contributed by atoms with E-state index in [-0.39, 0.29) is 57.4 Å². The quantitative estimate of drug-likeness (QED) is 0.125. The Morgan fingerprint density at radius 1 is 0.692 bits per heavy atom. The topological polar surface area (TPSA) is 277 Å². The number of carboxylic acids is 1. The number of aliphatic hydroxyl groups excluding tert-OH is 5. The van der Waals surface area contributed by atoms with E-state index in [1.807, 2.05) is 0 Å². The molecule has 3 heterocycles. The molecule has 0 bridgehead atoms. The molecule has 1 fully saturated rings. The van der Waals surface area contributed by atoms with Gasteiger partial charge in [0, 0.05) is 41.2 Å². The maximum absolute atomic E-state index is 12.2. The summed E-state index contributed by atoms with van der Waals surface area (Å²) in [6.45, 7) is 0. The van der Waals surface area contributed by atoms with Gasteiger partial charge in [0.05, 0.1) is 6.10 Å². The molecule has 0 aliphatic carbocycles. The number of benzene rings is 4. The first-order chi connectivity index (χ1) is 24.7. The van der Waals surface area contributed by atoms with Crippen LogP contribution in [-0.2, 0) is 16.0 Å². The van der Waals surface area contributed by atoms with Crippen molar-refractivity contribution in [2.45, 2.75) is 67.5 Å². The molecule has 10 atom stereocenters. The van der Waals surface area contributed by atoms with E-state index in [1.165, 1.54) is 54.6 Å². The zero-order valence-corrected chi connectivity index (χ0v) is 26.8. The molecule has 0 aromatic heterocycles. The number of ether oxygens (including phenoxy) is 4. The van der Waals surface area contributed by atoms with Crippen molar-refractivity contribution >= 4 is 5.97 Å². The van der Waals surface area contributed by atoms with E-state index in [2.05, 4.69) is 0 Å². The number of carboxylic acid groups (broad SMARTS) is 1. The number of phenols is 5. The Morgan fingerprint density at radius 2 is 1.42 bits per heavy atom. The highest BCUT2D eigenvalue weighted by atomic mass is 16.7. The maximum Gasteiger partial charge on any atom is 0.335 e. The van der Waals surface area contributed by atoms with Crippen LogP contribution in [0.3, 0.4) is 0 Å². The van der Waals surface area contributed by atoms with E-state index in [4.69, 9.17) is 18.9 Å². The number of rotatable bonds is 6. The third-order valence-electron chi connectivity index (χ3n) is 9.50. The largest absolute Gasteiger partial charge is 0.508 e. The van der Waals surface area contributed by atoms with Crippen LogP contribution in [0.4, 0.5) is 0 Å². The molecule has 16 heteroatoms. The first-order valence-electron chi connectivity index (χ1n) is 16.0. The molecule has 7 rings (SSSR count). The smallest absolute Gasteiger partial charge is 0.335 e. The van der Waals surface area contributed by atoms with E-state index in [0.29, 0.717) is 5.56 Å². The van der Waals surface area contributed by atoms with Crippen LogP contribution >= 0.6 is 0 Å².